The molecule has 1 rings (SSSR count). The predicted molar refractivity (Wildman–Crippen MR) is 71.6 cm³/mol. The first-order valence-corrected chi connectivity index (χ1v) is 7.69. The maximum Gasteiger partial charge on any atom is 0.460 e. The Morgan fingerprint density at radius 3 is 1.65 bits per heavy atom. The van der Waals surface area contributed by atoms with Crippen LogP contribution in [0.25, 0.3) is 5.57 Å². The number of benzene rings is 1. The molecule has 0 spiro atoms. The van der Waals surface area contributed by atoms with Gasteiger partial charge in [0.2, 0.25) is 0 Å². The molecule has 0 fully saturated rings. The maximum absolute atomic E-state index is 13.4. The molecule has 0 aromatic heterocycles. The summed E-state index contributed by atoms with van der Waals surface area (Å²) in [5.74, 6) is -15.7. The average molecular weight is 416 g/mol. The lowest BCUT2D eigenvalue weighted by Crippen LogP contribution is -2.63. The Kier molecular flexibility index (Phi) is 5.41. The molecule has 0 aliphatic heterocycles. The van der Waals surface area contributed by atoms with Crippen LogP contribution in [0.3, 0.4) is 0 Å². The Bertz CT molecular complexity index is 780. The molecule has 0 atom stereocenters. The van der Waals surface area contributed by atoms with Gasteiger partial charge in [-0.2, -0.15) is 47.9 Å². The molecular weight excluding hydrogens is 407 g/mol. The lowest BCUT2D eigenvalue weighted by molar-refractivity contribution is -0.382. The van der Waals surface area contributed by atoms with Gasteiger partial charge in [-0.05, 0) is 24.6 Å². The van der Waals surface area contributed by atoms with Gasteiger partial charge in [0.05, 0.1) is 0 Å². The van der Waals surface area contributed by atoms with Gasteiger partial charge in [-0.3, -0.25) is 0 Å². The van der Waals surface area contributed by atoms with Crippen LogP contribution in [0.2, 0.25) is 0 Å². The van der Waals surface area contributed by atoms with Crippen molar-refractivity contribution in [2.75, 3.05) is 0 Å². The third-order valence-electron chi connectivity index (χ3n) is 2.98. The standard InChI is InChI=1S/C13H9F9O3S/c1-7(2)8-3-5-9(6-4-8)25-26(23,24)13(21,22)11(16,17)10(14,15)12(18,19)20/h3-6H,1H2,2H3. The highest BCUT2D eigenvalue weighted by Gasteiger charge is 2.86. The van der Waals surface area contributed by atoms with Crippen LogP contribution in [-0.4, -0.2) is 31.7 Å². The van der Waals surface area contributed by atoms with Crippen molar-refractivity contribution in [1.29, 1.82) is 0 Å². The molecular formula is C13H9F9O3S. The van der Waals surface area contributed by atoms with Crippen molar-refractivity contribution in [1.82, 2.24) is 0 Å². The molecule has 13 heteroatoms. The molecule has 3 nitrogen and oxygen atoms in total. The summed E-state index contributed by atoms with van der Waals surface area (Å²) in [6.07, 6.45) is -7.14. The van der Waals surface area contributed by atoms with E-state index in [9.17, 15) is 47.9 Å². The van der Waals surface area contributed by atoms with E-state index in [0.717, 1.165) is 12.1 Å². The van der Waals surface area contributed by atoms with Gasteiger partial charge in [-0.15, -0.1) is 0 Å². The van der Waals surface area contributed by atoms with E-state index in [1.807, 2.05) is 0 Å². The first-order chi connectivity index (χ1) is 11.4. The van der Waals surface area contributed by atoms with E-state index in [1.165, 1.54) is 6.92 Å². The van der Waals surface area contributed by atoms with Crippen LogP contribution in [0.5, 0.6) is 5.75 Å². The fourth-order valence-electron chi connectivity index (χ4n) is 1.49. The Labute approximate surface area is 141 Å². The van der Waals surface area contributed by atoms with Crippen LogP contribution in [0, 0.1) is 0 Å². The topological polar surface area (TPSA) is 43.4 Å². The summed E-state index contributed by atoms with van der Waals surface area (Å²) in [5.41, 5.74) is 0.788. The summed E-state index contributed by atoms with van der Waals surface area (Å²) in [6, 6.07) is 3.51. The van der Waals surface area contributed by atoms with E-state index >= 15 is 0 Å². The average Bonchev–Trinajstić information content (AvgIpc) is 2.45. The van der Waals surface area contributed by atoms with Gasteiger partial charge in [0.25, 0.3) is 0 Å². The first kappa shape index (κ1) is 22.1. The first-order valence-electron chi connectivity index (χ1n) is 6.28. The lowest BCUT2D eigenvalue weighted by Gasteiger charge is -2.32. The zero-order chi connectivity index (χ0) is 20.8. The van der Waals surface area contributed by atoms with Crippen molar-refractivity contribution in [2.24, 2.45) is 0 Å². The molecule has 0 radical (unpaired) electrons. The van der Waals surface area contributed by atoms with E-state index in [1.54, 1.807) is 0 Å². The van der Waals surface area contributed by atoms with Crippen molar-refractivity contribution < 1.29 is 52.1 Å². The molecule has 0 bridgehead atoms. The quantitative estimate of drug-likeness (QED) is 0.492. The summed E-state index contributed by atoms with van der Waals surface area (Å²) in [6.45, 7) is 4.98. The summed E-state index contributed by atoms with van der Waals surface area (Å²) < 4.78 is 141. The van der Waals surface area contributed by atoms with Gasteiger partial charge in [0, 0.05) is 0 Å². The number of allylic oxidation sites excluding steroid dienone is 1. The largest absolute Gasteiger partial charge is 0.460 e. The maximum atomic E-state index is 13.4. The van der Waals surface area contributed by atoms with E-state index < -0.39 is 39.1 Å². The number of hydrogen-bond acceptors (Lipinski definition) is 3. The Morgan fingerprint density at radius 1 is 0.885 bits per heavy atom. The SMILES string of the molecule is C=C(C)c1ccc(OS(=O)(=O)C(F)(F)C(F)(F)C(F)(F)C(F)(F)F)cc1. The zero-order valence-corrected chi connectivity index (χ0v) is 13.4. The van der Waals surface area contributed by atoms with Gasteiger partial charge in [0.15, 0.2) is 0 Å². The zero-order valence-electron chi connectivity index (χ0n) is 12.6. The fraction of sp³-hybridized carbons (Fsp3) is 0.385. The minimum absolute atomic E-state index is 0.357. The summed E-state index contributed by atoms with van der Waals surface area (Å²) in [7, 11) is -6.93. The molecule has 148 valence electrons. The fourth-order valence-corrected chi connectivity index (χ4v) is 2.40. The summed E-state index contributed by atoms with van der Waals surface area (Å²) >= 11 is 0. The molecule has 0 saturated carbocycles. The highest BCUT2D eigenvalue weighted by molar-refractivity contribution is 7.88. The molecule has 1 aromatic rings. The monoisotopic (exact) mass is 416 g/mol. The molecule has 0 amide bonds. The third kappa shape index (κ3) is 3.48. The summed E-state index contributed by atoms with van der Waals surface area (Å²) in [5, 5.41) is -6.90. The van der Waals surface area contributed by atoms with Crippen LogP contribution in [0.15, 0.2) is 30.8 Å². The molecule has 26 heavy (non-hydrogen) atoms. The van der Waals surface area contributed by atoms with Crippen molar-refractivity contribution >= 4 is 15.7 Å². The normalized spacial score (nSPS) is 14.2. The van der Waals surface area contributed by atoms with Gasteiger partial charge >= 0.3 is 33.4 Å². The van der Waals surface area contributed by atoms with Gasteiger partial charge < -0.3 is 4.18 Å². The number of alkyl halides is 9. The second kappa shape index (κ2) is 6.35. The minimum Gasteiger partial charge on any atom is -0.378 e. The molecule has 1 aromatic carbocycles. The molecule has 0 aliphatic carbocycles. The van der Waals surface area contributed by atoms with E-state index in [2.05, 4.69) is 10.8 Å². The second-order valence-electron chi connectivity index (χ2n) is 5.01. The third-order valence-corrected chi connectivity index (χ3v) is 4.28. The van der Waals surface area contributed by atoms with Crippen LogP contribution in [0.1, 0.15) is 12.5 Å². The van der Waals surface area contributed by atoms with Gasteiger partial charge in [0.1, 0.15) is 5.75 Å². The molecule has 0 aliphatic rings. The van der Waals surface area contributed by atoms with Crippen LogP contribution < -0.4 is 4.18 Å². The smallest absolute Gasteiger partial charge is 0.378 e. The number of rotatable bonds is 6. The van der Waals surface area contributed by atoms with E-state index in [-0.39, 0.29) is 0 Å². The highest BCUT2D eigenvalue weighted by Crippen LogP contribution is 2.54. The predicted octanol–water partition coefficient (Wildman–Crippen LogP) is 4.85. The molecule has 0 unspecified atom stereocenters. The van der Waals surface area contributed by atoms with Gasteiger partial charge in [-0.1, -0.05) is 24.3 Å². The number of hydrogen-bond donors (Lipinski definition) is 0. The van der Waals surface area contributed by atoms with E-state index in [4.69, 9.17) is 0 Å². The number of halogens is 9. The Balaban J connectivity index is 3.30. The molecule has 0 N–H and O–H groups in total. The van der Waals surface area contributed by atoms with Crippen molar-refractivity contribution in [2.45, 2.75) is 30.2 Å². The Hall–Kier alpha value is -1.92. The van der Waals surface area contributed by atoms with Crippen LogP contribution in [0.4, 0.5) is 39.5 Å². The second-order valence-corrected chi connectivity index (χ2v) is 6.59. The van der Waals surface area contributed by atoms with Crippen LogP contribution in [-0.2, 0) is 10.1 Å². The summed E-state index contributed by atoms with van der Waals surface area (Å²) in [4.78, 5) is 0. The minimum atomic E-state index is -7.34. The Morgan fingerprint density at radius 2 is 1.31 bits per heavy atom. The van der Waals surface area contributed by atoms with Gasteiger partial charge in [-0.25, -0.2) is 0 Å². The van der Waals surface area contributed by atoms with Crippen molar-refractivity contribution in [3.8, 4) is 5.75 Å². The lowest BCUT2D eigenvalue weighted by atomic mass is 10.1. The molecule has 0 heterocycles. The van der Waals surface area contributed by atoms with E-state index in [0.29, 0.717) is 23.3 Å². The highest BCUT2D eigenvalue weighted by atomic mass is 32.2. The molecule has 0 saturated heterocycles. The van der Waals surface area contributed by atoms with Crippen LogP contribution >= 0.6 is 0 Å². The van der Waals surface area contributed by atoms with Crippen molar-refractivity contribution in [3.05, 3.63) is 36.4 Å². The van der Waals surface area contributed by atoms with Crippen molar-refractivity contribution in [3.63, 3.8) is 0 Å².